The first kappa shape index (κ1) is 18.0. The Bertz CT molecular complexity index is 771. The summed E-state index contributed by atoms with van der Waals surface area (Å²) < 4.78 is 12.9. The van der Waals surface area contributed by atoms with Crippen LogP contribution in [0.4, 0.5) is 0 Å². The number of carbonyl (C=O) groups is 1. The molecular weight excluding hydrogens is 376 g/mol. The fraction of sp³-hybridized carbons (Fsp3) is 0.312. The Hall–Kier alpha value is -2.35. The molecule has 0 spiro atoms. The molecule has 0 atom stereocenters. The van der Waals surface area contributed by atoms with Crippen LogP contribution in [-0.2, 0) is 11.3 Å². The number of hydrogen-bond donors (Lipinski definition) is 1. The Labute approximate surface area is 148 Å². The lowest BCUT2D eigenvalue weighted by atomic mass is 10.2. The molecule has 1 aromatic heterocycles. The van der Waals surface area contributed by atoms with E-state index in [9.17, 15) is 4.79 Å². The number of carbonyl (C=O) groups excluding carboxylic acids is 1. The number of hydrogen-bond acceptors (Lipinski definition) is 5. The second-order valence-corrected chi connectivity index (χ2v) is 5.97. The number of ether oxygens (including phenoxy) is 2. The zero-order chi connectivity index (χ0) is 17.7. The topological polar surface area (TPSA) is 77.7 Å². The lowest BCUT2D eigenvalue weighted by molar-refractivity contribution is -0.121. The molecule has 2 aromatic rings. The minimum atomic E-state index is -0.253. The summed E-state index contributed by atoms with van der Waals surface area (Å²) in [7, 11) is 3.12. The molecule has 0 saturated carbocycles. The van der Waals surface area contributed by atoms with Gasteiger partial charge in [0.05, 0.1) is 30.6 Å². The highest BCUT2D eigenvalue weighted by atomic mass is 79.9. The molecule has 0 radical (unpaired) electrons. The SMILES string of the molecule is COc1cc(C=NNC(=O)Cn2nc(C)cc2C)cc(Br)c1OC. The molecule has 1 N–H and O–H groups in total. The van der Waals surface area contributed by atoms with Crippen molar-refractivity contribution in [3.05, 3.63) is 39.6 Å². The van der Waals surface area contributed by atoms with E-state index in [0.29, 0.717) is 11.5 Å². The smallest absolute Gasteiger partial charge is 0.261 e. The third-order valence-electron chi connectivity index (χ3n) is 3.26. The van der Waals surface area contributed by atoms with Crippen molar-refractivity contribution < 1.29 is 14.3 Å². The second kappa shape index (κ2) is 7.96. The molecule has 24 heavy (non-hydrogen) atoms. The van der Waals surface area contributed by atoms with Crippen molar-refractivity contribution in [3.63, 3.8) is 0 Å². The van der Waals surface area contributed by atoms with E-state index in [1.165, 1.54) is 6.21 Å². The van der Waals surface area contributed by atoms with Gasteiger partial charge in [-0.05, 0) is 53.5 Å². The normalized spacial score (nSPS) is 10.9. The van der Waals surface area contributed by atoms with E-state index >= 15 is 0 Å². The minimum Gasteiger partial charge on any atom is -0.493 e. The molecule has 0 fully saturated rings. The maximum atomic E-state index is 11.9. The molecule has 8 heteroatoms. The monoisotopic (exact) mass is 394 g/mol. The molecule has 0 saturated heterocycles. The molecule has 7 nitrogen and oxygen atoms in total. The fourth-order valence-electron chi connectivity index (χ4n) is 2.20. The van der Waals surface area contributed by atoms with Crippen molar-refractivity contribution in [2.75, 3.05) is 14.2 Å². The highest BCUT2D eigenvalue weighted by Crippen LogP contribution is 2.35. The van der Waals surface area contributed by atoms with E-state index in [-0.39, 0.29) is 12.5 Å². The van der Waals surface area contributed by atoms with Crippen LogP contribution in [0.2, 0.25) is 0 Å². The summed E-state index contributed by atoms with van der Waals surface area (Å²) >= 11 is 3.41. The van der Waals surface area contributed by atoms with Crippen LogP contribution in [0.3, 0.4) is 0 Å². The van der Waals surface area contributed by atoms with Gasteiger partial charge in [0.15, 0.2) is 11.5 Å². The van der Waals surface area contributed by atoms with Crippen molar-refractivity contribution in [2.45, 2.75) is 20.4 Å². The largest absolute Gasteiger partial charge is 0.493 e. The molecule has 0 aliphatic heterocycles. The lowest BCUT2D eigenvalue weighted by Gasteiger charge is -2.10. The van der Waals surface area contributed by atoms with Crippen LogP contribution in [0.1, 0.15) is 17.0 Å². The average Bonchev–Trinajstić information content (AvgIpc) is 2.84. The Morgan fingerprint density at radius 1 is 1.33 bits per heavy atom. The Morgan fingerprint density at radius 2 is 2.08 bits per heavy atom. The van der Waals surface area contributed by atoms with E-state index in [2.05, 4.69) is 31.6 Å². The summed E-state index contributed by atoms with van der Waals surface area (Å²) in [6.07, 6.45) is 1.53. The van der Waals surface area contributed by atoms with E-state index < -0.39 is 0 Å². The molecule has 0 bridgehead atoms. The summed E-state index contributed by atoms with van der Waals surface area (Å²) in [4.78, 5) is 11.9. The minimum absolute atomic E-state index is 0.118. The van der Waals surface area contributed by atoms with Gasteiger partial charge in [-0.3, -0.25) is 9.48 Å². The number of aryl methyl sites for hydroxylation is 2. The Kier molecular flexibility index (Phi) is 5.97. The standard InChI is InChI=1S/C16H19BrN4O3/c1-10-5-11(2)21(20-10)9-15(22)19-18-8-12-6-13(17)16(24-4)14(7-12)23-3/h5-8H,9H2,1-4H3,(H,19,22). The van der Waals surface area contributed by atoms with E-state index in [1.54, 1.807) is 25.0 Å². The summed E-state index contributed by atoms with van der Waals surface area (Å²) in [6.45, 7) is 3.90. The number of nitrogens with zero attached hydrogens (tertiary/aromatic N) is 3. The molecule has 1 aromatic carbocycles. The molecule has 128 valence electrons. The highest BCUT2D eigenvalue weighted by Gasteiger charge is 2.10. The van der Waals surface area contributed by atoms with Crippen LogP contribution >= 0.6 is 15.9 Å². The number of methoxy groups -OCH3 is 2. The van der Waals surface area contributed by atoms with Gasteiger partial charge in [-0.1, -0.05) is 0 Å². The van der Waals surface area contributed by atoms with Crippen molar-refractivity contribution in [3.8, 4) is 11.5 Å². The quantitative estimate of drug-likeness (QED) is 0.602. The van der Waals surface area contributed by atoms with Gasteiger partial charge in [0.2, 0.25) is 0 Å². The summed E-state index contributed by atoms with van der Waals surface area (Å²) in [5.41, 5.74) is 5.04. The fourth-order valence-corrected chi connectivity index (χ4v) is 2.82. The van der Waals surface area contributed by atoms with Gasteiger partial charge in [-0.15, -0.1) is 0 Å². The molecule has 0 unspecified atom stereocenters. The van der Waals surface area contributed by atoms with Crippen LogP contribution in [0.5, 0.6) is 11.5 Å². The van der Waals surface area contributed by atoms with E-state index in [4.69, 9.17) is 9.47 Å². The predicted molar refractivity (Wildman–Crippen MR) is 94.7 cm³/mol. The van der Waals surface area contributed by atoms with Crippen molar-refractivity contribution >= 4 is 28.1 Å². The van der Waals surface area contributed by atoms with Gasteiger partial charge < -0.3 is 9.47 Å². The number of rotatable bonds is 6. The number of amides is 1. The number of hydrazone groups is 1. The number of halogens is 1. The van der Waals surface area contributed by atoms with Crippen molar-refractivity contribution in [1.82, 2.24) is 15.2 Å². The zero-order valence-corrected chi connectivity index (χ0v) is 15.5. The molecular formula is C16H19BrN4O3. The molecule has 1 heterocycles. The summed E-state index contributed by atoms with van der Waals surface area (Å²) in [5.74, 6) is 0.919. The maximum Gasteiger partial charge on any atom is 0.261 e. The number of aromatic nitrogens is 2. The van der Waals surface area contributed by atoms with Crippen molar-refractivity contribution in [1.29, 1.82) is 0 Å². The van der Waals surface area contributed by atoms with Crippen LogP contribution in [0, 0.1) is 13.8 Å². The zero-order valence-electron chi connectivity index (χ0n) is 14.0. The third kappa shape index (κ3) is 4.35. The summed E-state index contributed by atoms with van der Waals surface area (Å²) in [6, 6.07) is 5.50. The van der Waals surface area contributed by atoms with Crippen LogP contribution in [0.15, 0.2) is 27.8 Å². The molecule has 2 rings (SSSR count). The van der Waals surface area contributed by atoms with Gasteiger partial charge in [0.25, 0.3) is 5.91 Å². The van der Waals surface area contributed by atoms with Crippen LogP contribution < -0.4 is 14.9 Å². The second-order valence-electron chi connectivity index (χ2n) is 5.12. The highest BCUT2D eigenvalue weighted by molar-refractivity contribution is 9.10. The third-order valence-corrected chi connectivity index (χ3v) is 3.84. The van der Waals surface area contributed by atoms with E-state index in [1.807, 2.05) is 26.0 Å². The first-order chi connectivity index (χ1) is 11.4. The van der Waals surface area contributed by atoms with Gasteiger partial charge >= 0.3 is 0 Å². The first-order valence-corrected chi connectivity index (χ1v) is 7.98. The van der Waals surface area contributed by atoms with Crippen LogP contribution in [-0.4, -0.2) is 36.1 Å². The average molecular weight is 395 g/mol. The number of nitrogens with one attached hydrogen (secondary N) is 1. The van der Waals surface area contributed by atoms with Crippen LogP contribution in [0.25, 0.3) is 0 Å². The number of benzene rings is 1. The first-order valence-electron chi connectivity index (χ1n) is 7.19. The lowest BCUT2D eigenvalue weighted by Crippen LogP contribution is -2.24. The maximum absolute atomic E-state index is 11.9. The molecule has 1 amide bonds. The van der Waals surface area contributed by atoms with Gasteiger partial charge in [-0.25, -0.2) is 5.43 Å². The van der Waals surface area contributed by atoms with Gasteiger partial charge in [-0.2, -0.15) is 10.2 Å². The Balaban J connectivity index is 2.02. The molecule has 0 aliphatic rings. The van der Waals surface area contributed by atoms with Gasteiger partial charge in [0.1, 0.15) is 6.54 Å². The van der Waals surface area contributed by atoms with E-state index in [0.717, 1.165) is 21.4 Å². The predicted octanol–water partition coefficient (Wildman–Crippen LogP) is 2.43. The van der Waals surface area contributed by atoms with Gasteiger partial charge in [0, 0.05) is 5.69 Å². The summed E-state index contributed by atoms with van der Waals surface area (Å²) in [5, 5.41) is 8.20. The Morgan fingerprint density at radius 3 is 2.67 bits per heavy atom. The molecule has 0 aliphatic carbocycles. The van der Waals surface area contributed by atoms with Crippen molar-refractivity contribution in [2.24, 2.45) is 5.10 Å².